The summed E-state index contributed by atoms with van der Waals surface area (Å²) < 4.78 is 23.2. The highest BCUT2D eigenvalue weighted by atomic mass is 32.2. The summed E-state index contributed by atoms with van der Waals surface area (Å²) in [6.07, 6.45) is 1.88. The monoisotopic (exact) mass is 338 g/mol. The van der Waals surface area contributed by atoms with Gasteiger partial charge in [-0.2, -0.15) is 0 Å². The molecule has 1 heterocycles. The normalized spacial score (nSPS) is 19.5. The second kappa shape index (κ2) is 7.81. The molecule has 0 aromatic heterocycles. The van der Waals surface area contributed by atoms with Gasteiger partial charge in [-0.25, -0.2) is 8.42 Å². The van der Waals surface area contributed by atoms with Crippen LogP contribution < -0.4 is 5.32 Å². The minimum Gasteiger partial charge on any atom is -0.384 e. The molecule has 1 aromatic carbocycles. The zero-order valence-electron chi connectivity index (χ0n) is 13.9. The van der Waals surface area contributed by atoms with Gasteiger partial charge in [0.25, 0.3) is 0 Å². The number of sulfone groups is 1. The van der Waals surface area contributed by atoms with Crippen LogP contribution in [0.5, 0.6) is 0 Å². The Labute approximate surface area is 139 Å². The Bertz CT molecular complexity index is 643. The lowest BCUT2D eigenvalue weighted by Crippen LogP contribution is -2.41. The maximum absolute atomic E-state index is 12.4. The fraction of sp³-hybridized carbons (Fsp3) is 0.588. The molecule has 0 aliphatic carbocycles. The Kier molecular flexibility index (Phi) is 6.04. The summed E-state index contributed by atoms with van der Waals surface area (Å²) in [4.78, 5) is 14.1. The Balaban J connectivity index is 1.88. The summed E-state index contributed by atoms with van der Waals surface area (Å²) in [6.45, 7) is 5.13. The molecule has 5 nitrogen and oxygen atoms in total. The molecule has 0 radical (unpaired) electrons. The molecular formula is C17H26N2O3S. The molecule has 1 aromatic rings. The van der Waals surface area contributed by atoms with E-state index in [0.717, 1.165) is 12.1 Å². The van der Waals surface area contributed by atoms with Gasteiger partial charge >= 0.3 is 0 Å². The van der Waals surface area contributed by atoms with Crippen LogP contribution in [0.1, 0.15) is 32.3 Å². The number of hydrogen-bond acceptors (Lipinski definition) is 4. The molecule has 23 heavy (non-hydrogen) atoms. The first-order valence-corrected chi connectivity index (χ1v) is 10.1. The number of carbonyl (C=O) groups is 1. The van der Waals surface area contributed by atoms with Crippen molar-refractivity contribution in [2.45, 2.75) is 39.2 Å². The zero-order valence-corrected chi connectivity index (χ0v) is 14.7. The van der Waals surface area contributed by atoms with Crippen LogP contribution >= 0.6 is 0 Å². The van der Waals surface area contributed by atoms with Gasteiger partial charge in [0, 0.05) is 31.2 Å². The van der Waals surface area contributed by atoms with E-state index in [0.29, 0.717) is 25.9 Å². The number of aryl methyl sites for hydroxylation is 1. The Morgan fingerprint density at radius 1 is 1.30 bits per heavy atom. The highest BCUT2D eigenvalue weighted by molar-refractivity contribution is 7.91. The molecule has 1 saturated heterocycles. The lowest BCUT2D eigenvalue weighted by molar-refractivity contribution is -0.132. The topological polar surface area (TPSA) is 66.5 Å². The minimum atomic E-state index is -2.97. The number of nitrogens with one attached hydrogen (secondary N) is 1. The van der Waals surface area contributed by atoms with E-state index in [9.17, 15) is 13.2 Å². The first-order chi connectivity index (χ1) is 11.0. The van der Waals surface area contributed by atoms with E-state index in [1.165, 1.54) is 5.56 Å². The Morgan fingerprint density at radius 2 is 2.04 bits per heavy atom. The van der Waals surface area contributed by atoms with Gasteiger partial charge in [-0.15, -0.1) is 0 Å². The molecule has 1 aliphatic heterocycles. The zero-order chi connectivity index (χ0) is 16.9. The largest absolute Gasteiger partial charge is 0.384 e. The third-order valence-electron chi connectivity index (χ3n) is 4.36. The van der Waals surface area contributed by atoms with Crippen molar-refractivity contribution in [2.75, 3.05) is 29.9 Å². The van der Waals surface area contributed by atoms with Crippen molar-refractivity contribution in [1.29, 1.82) is 0 Å². The Hall–Kier alpha value is -1.56. The van der Waals surface area contributed by atoms with E-state index >= 15 is 0 Å². The fourth-order valence-corrected chi connectivity index (χ4v) is 4.84. The molecule has 1 amide bonds. The van der Waals surface area contributed by atoms with E-state index < -0.39 is 9.84 Å². The molecule has 1 aliphatic rings. The predicted octanol–water partition coefficient (Wildman–Crippen LogP) is 2.09. The smallest absolute Gasteiger partial charge is 0.224 e. The van der Waals surface area contributed by atoms with Gasteiger partial charge in [0.1, 0.15) is 0 Å². The molecular weight excluding hydrogens is 312 g/mol. The van der Waals surface area contributed by atoms with Crippen LogP contribution in [0, 0.1) is 0 Å². The number of anilines is 1. The van der Waals surface area contributed by atoms with Crippen LogP contribution in [-0.4, -0.2) is 49.9 Å². The number of amides is 1. The first-order valence-electron chi connectivity index (χ1n) is 8.28. The quantitative estimate of drug-likeness (QED) is 0.827. The lowest BCUT2D eigenvalue weighted by atomic mass is 10.1. The second-order valence-corrected chi connectivity index (χ2v) is 8.15. The van der Waals surface area contributed by atoms with Gasteiger partial charge < -0.3 is 10.2 Å². The summed E-state index contributed by atoms with van der Waals surface area (Å²) in [5.74, 6) is 0.332. The maximum Gasteiger partial charge on any atom is 0.224 e. The second-order valence-electron chi connectivity index (χ2n) is 5.92. The maximum atomic E-state index is 12.4. The molecule has 6 heteroatoms. The van der Waals surface area contributed by atoms with Gasteiger partial charge in [-0.3, -0.25) is 4.79 Å². The number of carbonyl (C=O) groups excluding carboxylic acids is 1. The van der Waals surface area contributed by atoms with Crippen LogP contribution in [0.2, 0.25) is 0 Å². The third-order valence-corrected chi connectivity index (χ3v) is 6.11. The number of nitrogens with zero attached hydrogens (tertiary/aromatic N) is 1. The molecule has 1 unspecified atom stereocenters. The van der Waals surface area contributed by atoms with Gasteiger partial charge in [0.05, 0.1) is 11.5 Å². The van der Waals surface area contributed by atoms with Crippen LogP contribution in [-0.2, 0) is 21.1 Å². The van der Waals surface area contributed by atoms with Gasteiger partial charge in [-0.1, -0.05) is 25.1 Å². The molecule has 1 N–H and O–H groups in total. The summed E-state index contributed by atoms with van der Waals surface area (Å²) in [5.41, 5.74) is 2.29. The predicted molar refractivity (Wildman–Crippen MR) is 93.4 cm³/mol. The van der Waals surface area contributed by atoms with Crippen molar-refractivity contribution in [1.82, 2.24) is 4.90 Å². The minimum absolute atomic E-state index is 0.0241. The van der Waals surface area contributed by atoms with E-state index in [2.05, 4.69) is 18.3 Å². The van der Waals surface area contributed by atoms with Gasteiger partial charge in [0.2, 0.25) is 5.91 Å². The van der Waals surface area contributed by atoms with Crippen molar-refractivity contribution < 1.29 is 13.2 Å². The highest BCUT2D eigenvalue weighted by Crippen LogP contribution is 2.19. The van der Waals surface area contributed by atoms with Crippen molar-refractivity contribution >= 4 is 21.4 Å². The van der Waals surface area contributed by atoms with Crippen LogP contribution in [0.15, 0.2) is 24.3 Å². The molecule has 0 bridgehead atoms. The van der Waals surface area contributed by atoms with Crippen LogP contribution in [0.25, 0.3) is 0 Å². The average molecular weight is 338 g/mol. The van der Waals surface area contributed by atoms with Crippen molar-refractivity contribution in [3.8, 4) is 0 Å². The van der Waals surface area contributed by atoms with Crippen molar-refractivity contribution in [3.05, 3.63) is 29.8 Å². The summed E-state index contributed by atoms with van der Waals surface area (Å²) in [6, 6.07) is 7.93. The Morgan fingerprint density at radius 3 is 2.65 bits per heavy atom. The van der Waals surface area contributed by atoms with Crippen LogP contribution in [0.4, 0.5) is 5.69 Å². The van der Waals surface area contributed by atoms with Crippen molar-refractivity contribution in [2.24, 2.45) is 0 Å². The van der Waals surface area contributed by atoms with Crippen LogP contribution in [0.3, 0.4) is 0 Å². The molecule has 1 fully saturated rings. The van der Waals surface area contributed by atoms with Crippen molar-refractivity contribution in [3.63, 3.8) is 0 Å². The molecule has 0 spiro atoms. The van der Waals surface area contributed by atoms with Gasteiger partial charge in [-0.05, 0) is 31.4 Å². The molecule has 128 valence electrons. The molecule has 2 rings (SSSR count). The lowest BCUT2D eigenvalue weighted by Gasteiger charge is -2.27. The highest BCUT2D eigenvalue weighted by Gasteiger charge is 2.33. The van der Waals surface area contributed by atoms with E-state index in [1.807, 2.05) is 25.1 Å². The third kappa shape index (κ3) is 4.70. The number of benzene rings is 1. The number of para-hydroxylation sites is 1. The standard InChI is InChI=1S/C17H26N2O3S/c1-3-14-7-5-6-8-16(14)18-11-9-17(20)19(4-2)15-10-12-23(21,22)13-15/h5-8,15,18H,3-4,9-13H2,1-2H3. The summed E-state index contributed by atoms with van der Waals surface area (Å²) >= 11 is 0. The number of hydrogen-bond donors (Lipinski definition) is 1. The average Bonchev–Trinajstić information content (AvgIpc) is 2.88. The summed E-state index contributed by atoms with van der Waals surface area (Å²) in [7, 11) is -2.97. The molecule has 1 atom stereocenters. The first kappa shape index (κ1) is 17.8. The van der Waals surface area contributed by atoms with E-state index in [-0.39, 0.29) is 23.5 Å². The van der Waals surface area contributed by atoms with E-state index in [4.69, 9.17) is 0 Å². The van der Waals surface area contributed by atoms with E-state index in [1.54, 1.807) is 4.90 Å². The SMILES string of the molecule is CCc1ccccc1NCCC(=O)N(CC)C1CCS(=O)(=O)C1. The van der Waals surface area contributed by atoms with Gasteiger partial charge in [0.15, 0.2) is 9.84 Å². The number of rotatable bonds is 7. The fourth-order valence-electron chi connectivity index (χ4n) is 3.11. The molecule has 0 saturated carbocycles. The summed E-state index contributed by atoms with van der Waals surface area (Å²) in [5, 5.41) is 3.32.